The van der Waals surface area contributed by atoms with Crippen LogP contribution in [0.3, 0.4) is 0 Å². The van der Waals surface area contributed by atoms with Crippen LogP contribution in [0.4, 0.5) is 0 Å². The molecule has 0 aromatic heterocycles. The number of hydrogen-bond donors (Lipinski definition) is 2. The summed E-state index contributed by atoms with van der Waals surface area (Å²) >= 11 is 0. The van der Waals surface area contributed by atoms with Gasteiger partial charge in [-0.25, -0.2) is 0 Å². The van der Waals surface area contributed by atoms with Gasteiger partial charge in [0.05, 0.1) is 6.54 Å². The van der Waals surface area contributed by atoms with Gasteiger partial charge in [-0.2, -0.15) is 0 Å². The van der Waals surface area contributed by atoms with Crippen LogP contribution in [0.5, 0.6) is 0 Å². The Labute approximate surface area is 93.0 Å². The van der Waals surface area contributed by atoms with Crippen LogP contribution in [0.1, 0.15) is 53.4 Å². The highest BCUT2D eigenvalue weighted by Crippen LogP contribution is 2.28. The fraction of sp³-hybridized carbons (Fsp3) is 0.917. The number of hydrogen-bond acceptors (Lipinski definition) is 2. The predicted molar refractivity (Wildman–Crippen MR) is 62.8 cm³/mol. The lowest BCUT2D eigenvalue weighted by molar-refractivity contribution is -0.122. The van der Waals surface area contributed by atoms with E-state index < -0.39 is 0 Å². The third-order valence-electron chi connectivity index (χ3n) is 2.93. The van der Waals surface area contributed by atoms with Gasteiger partial charge < -0.3 is 10.6 Å². The first-order chi connectivity index (χ1) is 6.81. The number of nitrogens with one attached hydrogen (secondary N) is 2. The molecule has 0 spiro atoms. The fourth-order valence-electron chi connectivity index (χ4n) is 2.01. The molecule has 1 amide bonds. The zero-order valence-corrected chi connectivity index (χ0v) is 10.4. The van der Waals surface area contributed by atoms with E-state index in [0.29, 0.717) is 6.54 Å². The maximum absolute atomic E-state index is 11.7. The van der Waals surface area contributed by atoms with Gasteiger partial charge in [-0.15, -0.1) is 0 Å². The highest BCUT2D eigenvalue weighted by Gasteiger charge is 2.29. The van der Waals surface area contributed by atoms with E-state index >= 15 is 0 Å². The standard InChI is InChI=1S/C12H24N2O/c1-11(2,3)13-9-10(15)14-12(4)7-5-6-8-12/h13H,5-9H2,1-4H3,(H,14,15). The Morgan fingerprint density at radius 3 is 2.27 bits per heavy atom. The van der Waals surface area contributed by atoms with Crippen molar-refractivity contribution < 1.29 is 4.79 Å². The van der Waals surface area contributed by atoms with Crippen LogP contribution < -0.4 is 10.6 Å². The molecule has 1 saturated carbocycles. The highest BCUT2D eigenvalue weighted by molar-refractivity contribution is 5.78. The molecule has 88 valence electrons. The number of rotatable bonds is 3. The van der Waals surface area contributed by atoms with Crippen LogP contribution in [0.15, 0.2) is 0 Å². The molecule has 0 unspecified atom stereocenters. The van der Waals surface area contributed by atoms with Gasteiger partial charge in [-0.3, -0.25) is 4.79 Å². The second-order valence-corrected chi connectivity index (χ2v) is 5.92. The molecule has 0 saturated heterocycles. The average molecular weight is 212 g/mol. The quantitative estimate of drug-likeness (QED) is 0.749. The average Bonchev–Trinajstić information content (AvgIpc) is 2.47. The molecule has 0 aromatic carbocycles. The summed E-state index contributed by atoms with van der Waals surface area (Å²) < 4.78 is 0. The van der Waals surface area contributed by atoms with Gasteiger partial charge in [0.25, 0.3) is 0 Å². The van der Waals surface area contributed by atoms with Gasteiger partial charge in [-0.05, 0) is 40.5 Å². The number of carbonyl (C=O) groups is 1. The van der Waals surface area contributed by atoms with E-state index in [0.717, 1.165) is 12.8 Å². The van der Waals surface area contributed by atoms with E-state index in [4.69, 9.17) is 0 Å². The van der Waals surface area contributed by atoms with Gasteiger partial charge in [0.1, 0.15) is 0 Å². The van der Waals surface area contributed by atoms with Crippen LogP contribution >= 0.6 is 0 Å². The zero-order chi connectivity index (χ0) is 11.5. The SMILES string of the molecule is CC(C)(C)NCC(=O)NC1(C)CCCC1. The van der Waals surface area contributed by atoms with Crippen molar-refractivity contribution >= 4 is 5.91 Å². The van der Waals surface area contributed by atoms with E-state index in [2.05, 4.69) is 38.3 Å². The predicted octanol–water partition coefficient (Wildman–Crippen LogP) is 1.82. The molecule has 0 bridgehead atoms. The largest absolute Gasteiger partial charge is 0.350 e. The number of carbonyl (C=O) groups excluding carboxylic acids is 1. The third-order valence-corrected chi connectivity index (χ3v) is 2.93. The maximum Gasteiger partial charge on any atom is 0.234 e. The molecular weight excluding hydrogens is 188 g/mol. The van der Waals surface area contributed by atoms with E-state index in [1.165, 1.54) is 12.8 Å². The fourth-order valence-corrected chi connectivity index (χ4v) is 2.01. The van der Waals surface area contributed by atoms with Gasteiger partial charge in [0.15, 0.2) is 0 Å². The zero-order valence-electron chi connectivity index (χ0n) is 10.4. The molecule has 1 aliphatic carbocycles. The minimum Gasteiger partial charge on any atom is -0.350 e. The van der Waals surface area contributed by atoms with Gasteiger partial charge >= 0.3 is 0 Å². The Morgan fingerprint density at radius 1 is 1.27 bits per heavy atom. The number of amides is 1. The molecule has 0 radical (unpaired) electrons. The Kier molecular flexibility index (Phi) is 3.77. The molecule has 3 heteroatoms. The van der Waals surface area contributed by atoms with Crippen molar-refractivity contribution in [2.45, 2.75) is 64.5 Å². The van der Waals surface area contributed by atoms with Crippen LogP contribution in [0, 0.1) is 0 Å². The van der Waals surface area contributed by atoms with Gasteiger partial charge in [0.2, 0.25) is 5.91 Å². The van der Waals surface area contributed by atoms with E-state index in [9.17, 15) is 4.79 Å². The first kappa shape index (κ1) is 12.5. The molecule has 3 nitrogen and oxygen atoms in total. The molecule has 0 aliphatic heterocycles. The molecule has 1 aliphatic rings. The summed E-state index contributed by atoms with van der Waals surface area (Å²) in [5, 5.41) is 6.33. The molecule has 0 aromatic rings. The normalized spacial score (nSPS) is 20.3. The lowest BCUT2D eigenvalue weighted by Gasteiger charge is -2.27. The lowest BCUT2D eigenvalue weighted by atomic mass is 10.0. The lowest BCUT2D eigenvalue weighted by Crippen LogP contribution is -2.50. The van der Waals surface area contributed by atoms with Crippen molar-refractivity contribution in [1.82, 2.24) is 10.6 Å². The summed E-state index contributed by atoms with van der Waals surface area (Å²) in [5.74, 6) is 0.120. The first-order valence-electron chi connectivity index (χ1n) is 5.87. The topological polar surface area (TPSA) is 41.1 Å². The van der Waals surface area contributed by atoms with Crippen LogP contribution in [-0.4, -0.2) is 23.5 Å². The summed E-state index contributed by atoms with van der Waals surface area (Å²) in [7, 11) is 0. The van der Waals surface area contributed by atoms with E-state index in [-0.39, 0.29) is 17.0 Å². The minimum atomic E-state index is 0.00786. The van der Waals surface area contributed by atoms with E-state index in [1.54, 1.807) is 0 Å². The van der Waals surface area contributed by atoms with Crippen molar-refractivity contribution in [2.75, 3.05) is 6.54 Å². The van der Waals surface area contributed by atoms with Gasteiger partial charge in [0, 0.05) is 11.1 Å². The van der Waals surface area contributed by atoms with Gasteiger partial charge in [-0.1, -0.05) is 12.8 Å². The molecular formula is C12H24N2O. The van der Waals surface area contributed by atoms with Crippen LogP contribution in [0.2, 0.25) is 0 Å². The smallest absolute Gasteiger partial charge is 0.234 e. The molecule has 0 atom stereocenters. The molecule has 0 heterocycles. The molecule has 15 heavy (non-hydrogen) atoms. The second kappa shape index (κ2) is 4.52. The highest BCUT2D eigenvalue weighted by atomic mass is 16.2. The second-order valence-electron chi connectivity index (χ2n) is 5.92. The van der Waals surface area contributed by atoms with Crippen molar-refractivity contribution in [2.24, 2.45) is 0 Å². The first-order valence-corrected chi connectivity index (χ1v) is 5.87. The van der Waals surface area contributed by atoms with Crippen molar-refractivity contribution in [3.05, 3.63) is 0 Å². The Bertz CT molecular complexity index is 224. The maximum atomic E-state index is 11.7. The summed E-state index contributed by atoms with van der Waals surface area (Å²) in [6.07, 6.45) is 4.72. The molecule has 1 fully saturated rings. The molecule has 2 N–H and O–H groups in total. The third kappa shape index (κ3) is 4.65. The Morgan fingerprint density at radius 2 is 1.80 bits per heavy atom. The summed E-state index contributed by atoms with van der Waals surface area (Å²) in [6.45, 7) is 8.76. The minimum absolute atomic E-state index is 0.00786. The monoisotopic (exact) mass is 212 g/mol. The van der Waals surface area contributed by atoms with Crippen LogP contribution in [0.25, 0.3) is 0 Å². The van der Waals surface area contributed by atoms with Crippen molar-refractivity contribution in [3.63, 3.8) is 0 Å². The van der Waals surface area contributed by atoms with Crippen molar-refractivity contribution in [3.8, 4) is 0 Å². The summed E-state index contributed by atoms with van der Waals surface area (Å²) in [5.41, 5.74) is 0.0601. The van der Waals surface area contributed by atoms with E-state index in [1.807, 2.05) is 0 Å². The Hall–Kier alpha value is -0.570. The van der Waals surface area contributed by atoms with Crippen LogP contribution in [-0.2, 0) is 4.79 Å². The van der Waals surface area contributed by atoms with Crippen molar-refractivity contribution in [1.29, 1.82) is 0 Å². The summed E-state index contributed by atoms with van der Waals surface area (Å²) in [4.78, 5) is 11.7. The Balaban J connectivity index is 2.30. The summed E-state index contributed by atoms with van der Waals surface area (Å²) in [6, 6.07) is 0. The molecule has 1 rings (SSSR count).